The average Bonchev–Trinajstić information content (AvgIpc) is 2.83. The minimum atomic E-state index is -0.412. The topological polar surface area (TPSA) is 54.0 Å². The van der Waals surface area contributed by atoms with Crippen LogP contribution >= 0.6 is 11.6 Å². The van der Waals surface area contributed by atoms with E-state index in [4.69, 9.17) is 30.5 Å². The summed E-state index contributed by atoms with van der Waals surface area (Å²) in [5.74, 6) is 0.920. The van der Waals surface area contributed by atoms with Gasteiger partial charge in [-0.25, -0.2) is 0 Å². The van der Waals surface area contributed by atoms with Gasteiger partial charge < -0.3 is 18.9 Å². The molecule has 5 nitrogen and oxygen atoms in total. The van der Waals surface area contributed by atoms with Crippen LogP contribution in [0, 0.1) is 20.8 Å². The molecule has 0 spiro atoms. The fraction of sp³-hybridized carbons (Fsp3) is 0.233. The molecule has 0 atom stereocenters. The number of aryl methyl sites for hydroxylation is 3. The van der Waals surface area contributed by atoms with Crippen LogP contribution in [0.2, 0.25) is 5.02 Å². The van der Waals surface area contributed by atoms with Crippen LogP contribution in [0.1, 0.15) is 27.8 Å². The Kier molecular flexibility index (Phi) is 7.70. The number of hydrogen-bond acceptors (Lipinski definition) is 5. The lowest BCUT2D eigenvalue weighted by molar-refractivity contribution is -0.133. The summed E-state index contributed by atoms with van der Waals surface area (Å²) in [4.78, 5) is 13.0. The molecule has 0 saturated carbocycles. The summed E-state index contributed by atoms with van der Waals surface area (Å²) >= 11 is 6.37. The molecule has 0 radical (unpaired) electrons. The molecular weight excluding hydrogens is 476 g/mol. The Labute approximate surface area is 216 Å². The monoisotopic (exact) mass is 504 g/mol. The summed E-state index contributed by atoms with van der Waals surface area (Å²) in [6.45, 7) is 6.38. The molecule has 0 heterocycles. The van der Waals surface area contributed by atoms with E-state index >= 15 is 0 Å². The lowest BCUT2D eigenvalue weighted by atomic mass is 10.1. The van der Waals surface area contributed by atoms with E-state index in [1.54, 1.807) is 18.2 Å². The van der Waals surface area contributed by atoms with Crippen LogP contribution in [-0.4, -0.2) is 20.2 Å². The molecule has 0 bridgehead atoms. The Morgan fingerprint density at radius 1 is 0.778 bits per heavy atom. The SMILES string of the molecule is COc1c(OC)c(OC(=O)Cc2ccccc2C)c2ccc(Cl)cc2c1OCc1cc(C)cc(C)c1. The van der Waals surface area contributed by atoms with Crippen LogP contribution in [0.5, 0.6) is 23.0 Å². The summed E-state index contributed by atoms with van der Waals surface area (Å²) in [6, 6.07) is 19.3. The van der Waals surface area contributed by atoms with Crippen LogP contribution in [-0.2, 0) is 17.8 Å². The molecule has 4 aromatic carbocycles. The number of carbonyl (C=O) groups is 1. The second kappa shape index (κ2) is 10.9. The zero-order valence-corrected chi connectivity index (χ0v) is 21.9. The van der Waals surface area contributed by atoms with E-state index in [9.17, 15) is 4.79 Å². The van der Waals surface area contributed by atoms with Crippen molar-refractivity contribution in [2.24, 2.45) is 0 Å². The molecule has 0 aliphatic rings. The molecule has 0 N–H and O–H groups in total. The highest BCUT2D eigenvalue weighted by molar-refractivity contribution is 6.31. The molecular formula is C30H29ClO5. The maximum atomic E-state index is 13.0. The second-order valence-corrected chi connectivity index (χ2v) is 9.21. The minimum Gasteiger partial charge on any atom is -0.490 e. The zero-order chi connectivity index (χ0) is 25.8. The van der Waals surface area contributed by atoms with Crippen LogP contribution in [0.3, 0.4) is 0 Å². The number of ether oxygens (including phenoxy) is 4. The van der Waals surface area contributed by atoms with Gasteiger partial charge in [-0.3, -0.25) is 4.79 Å². The Morgan fingerprint density at radius 3 is 2.11 bits per heavy atom. The Morgan fingerprint density at radius 2 is 1.44 bits per heavy atom. The lowest BCUT2D eigenvalue weighted by Gasteiger charge is -2.20. The summed E-state index contributed by atoms with van der Waals surface area (Å²) < 4.78 is 23.6. The number of halogens is 1. The van der Waals surface area contributed by atoms with E-state index < -0.39 is 5.97 Å². The van der Waals surface area contributed by atoms with E-state index in [-0.39, 0.29) is 17.9 Å². The van der Waals surface area contributed by atoms with Crippen molar-refractivity contribution in [1.82, 2.24) is 0 Å². The van der Waals surface area contributed by atoms with Gasteiger partial charge in [0.25, 0.3) is 0 Å². The molecule has 0 aliphatic heterocycles. The fourth-order valence-corrected chi connectivity index (χ4v) is 4.56. The predicted octanol–water partition coefficient (Wildman–Crippen LogP) is 7.16. The standard InChI is InChI=1S/C30H29ClO5/c1-18-12-19(2)14-21(13-18)17-35-27-25-16-23(31)10-11-24(25)28(30(34-5)29(27)33-4)36-26(32)15-22-9-7-6-8-20(22)3/h6-14,16H,15,17H2,1-5H3. The van der Waals surface area contributed by atoms with E-state index in [0.29, 0.717) is 33.9 Å². The molecule has 0 amide bonds. The van der Waals surface area contributed by atoms with E-state index in [2.05, 4.69) is 32.0 Å². The van der Waals surface area contributed by atoms with Crippen molar-refractivity contribution >= 4 is 28.3 Å². The molecule has 0 saturated heterocycles. The summed E-state index contributed by atoms with van der Waals surface area (Å²) in [7, 11) is 3.03. The fourth-order valence-electron chi connectivity index (χ4n) is 4.39. The first-order valence-electron chi connectivity index (χ1n) is 11.6. The Hall–Kier alpha value is -3.70. The van der Waals surface area contributed by atoms with Gasteiger partial charge in [0.05, 0.1) is 20.6 Å². The smallest absolute Gasteiger partial charge is 0.315 e. The molecule has 4 rings (SSSR count). The molecule has 0 aliphatic carbocycles. The number of carbonyl (C=O) groups excluding carboxylic acids is 1. The number of fused-ring (bicyclic) bond motifs is 1. The largest absolute Gasteiger partial charge is 0.490 e. The molecule has 4 aromatic rings. The highest BCUT2D eigenvalue weighted by atomic mass is 35.5. The number of hydrogen-bond donors (Lipinski definition) is 0. The summed E-state index contributed by atoms with van der Waals surface area (Å²) in [5.41, 5.74) is 5.25. The zero-order valence-electron chi connectivity index (χ0n) is 21.1. The van der Waals surface area contributed by atoms with Crippen LogP contribution in [0.15, 0.2) is 60.7 Å². The third-order valence-electron chi connectivity index (χ3n) is 5.97. The maximum Gasteiger partial charge on any atom is 0.315 e. The first-order valence-corrected chi connectivity index (χ1v) is 12.0. The third-order valence-corrected chi connectivity index (χ3v) is 6.21. The lowest BCUT2D eigenvalue weighted by Crippen LogP contribution is -2.13. The second-order valence-electron chi connectivity index (χ2n) is 8.78. The van der Waals surface area contributed by atoms with Gasteiger partial charge in [0.1, 0.15) is 6.61 Å². The maximum absolute atomic E-state index is 13.0. The highest BCUT2D eigenvalue weighted by Gasteiger charge is 2.26. The van der Waals surface area contributed by atoms with Crippen molar-refractivity contribution in [2.75, 3.05) is 14.2 Å². The summed E-state index contributed by atoms with van der Waals surface area (Å²) in [6.07, 6.45) is 0.123. The average molecular weight is 505 g/mol. The molecule has 0 aromatic heterocycles. The van der Waals surface area contributed by atoms with Crippen LogP contribution in [0.25, 0.3) is 10.8 Å². The first-order chi connectivity index (χ1) is 17.3. The number of rotatable bonds is 8. The molecule has 6 heteroatoms. The molecule has 36 heavy (non-hydrogen) atoms. The minimum absolute atomic E-state index is 0.123. The van der Waals surface area contributed by atoms with E-state index in [0.717, 1.165) is 27.8 Å². The van der Waals surface area contributed by atoms with Crippen molar-refractivity contribution in [3.8, 4) is 23.0 Å². The van der Waals surface area contributed by atoms with Crippen molar-refractivity contribution in [2.45, 2.75) is 33.8 Å². The summed E-state index contributed by atoms with van der Waals surface area (Å²) in [5, 5.41) is 1.80. The van der Waals surface area contributed by atoms with Crippen molar-refractivity contribution in [1.29, 1.82) is 0 Å². The third kappa shape index (κ3) is 5.42. The van der Waals surface area contributed by atoms with Gasteiger partial charge >= 0.3 is 5.97 Å². The van der Waals surface area contributed by atoms with Gasteiger partial charge in [-0.2, -0.15) is 0 Å². The van der Waals surface area contributed by atoms with E-state index in [1.807, 2.05) is 31.2 Å². The van der Waals surface area contributed by atoms with Crippen molar-refractivity contribution < 1.29 is 23.7 Å². The quantitative estimate of drug-likeness (QED) is 0.188. The van der Waals surface area contributed by atoms with Crippen molar-refractivity contribution in [3.63, 3.8) is 0 Å². The Bertz CT molecular complexity index is 1410. The number of benzene rings is 4. The number of esters is 1. The van der Waals surface area contributed by atoms with Gasteiger partial charge in [0.15, 0.2) is 11.5 Å². The van der Waals surface area contributed by atoms with Gasteiger partial charge in [-0.1, -0.05) is 65.2 Å². The molecule has 0 unspecified atom stereocenters. The first kappa shape index (κ1) is 25.4. The van der Waals surface area contributed by atoms with Crippen LogP contribution in [0.4, 0.5) is 0 Å². The predicted molar refractivity (Wildman–Crippen MR) is 143 cm³/mol. The molecule has 0 fully saturated rings. The van der Waals surface area contributed by atoms with Gasteiger partial charge in [-0.15, -0.1) is 0 Å². The van der Waals surface area contributed by atoms with Gasteiger partial charge in [-0.05, 0) is 55.7 Å². The Balaban J connectivity index is 1.77. The normalized spacial score (nSPS) is 10.8. The van der Waals surface area contributed by atoms with E-state index in [1.165, 1.54) is 14.2 Å². The van der Waals surface area contributed by atoms with Crippen molar-refractivity contribution in [3.05, 3.63) is 93.5 Å². The van der Waals surface area contributed by atoms with Crippen LogP contribution < -0.4 is 18.9 Å². The molecule has 186 valence electrons. The highest BCUT2D eigenvalue weighted by Crippen LogP contribution is 2.51. The van der Waals surface area contributed by atoms with Gasteiger partial charge in [0, 0.05) is 15.8 Å². The number of methoxy groups -OCH3 is 2. The van der Waals surface area contributed by atoms with Gasteiger partial charge in [0.2, 0.25) is 11.5 Å².